The number of aromatic nitrogens is 4. The van der Waals surface area contributed by atoms with Crippen molar-refractivity contribution in [2.75, 3.05) is 20.7 Å². The number of aromatic amines is 2. The molecule has 0 bridgehead atoms. The fraction of sp³-hybridized carbons (Fsp3) is 0.333. The topological polar surface area (TPSA) is 370 Å². The molecule has 506 valence electrons. The number of amidine groups is 1. The standard InChI is InChI=1S/C13H16O3.2C12H15N3.C11H13N3.C9H10O.C5H10O2.C3H7NO2.C2H4O2.CH4.CH3.I2.H3N/c1-3-10(2)13(15)16-9-12(14)11-7-5-4-6-8-11;2*1-9(13-2)12-14-8-11(15-12)10-6-4-3-5-7-10;1-8(12)11-13-7-10(14-11)9-5-3-2-4-6-9;1-2-9(10)8-6-4-3-5-7-8;1-3-4(2)5(6)7;1-2(4)3(5)6;1-2(3)4;;;1-2;/h4-8,10H,3,9H2,1-2H3;2*3-9,13H,1-2H3,(H,14,15);2-8H,12H2,1H3,(H,13,14);3-7H,2H2,1H3;4H,3H2,1-2H3,(H,6,7);2H,4H2,1H3,(H,5,6);1H3,(H,3,4);1H4;1H3;;1H3/q;;;;;;;;;-1;;/p+1. The highest BCUT2D eigenvalue weighted by atomic mass is 128. The summed E-state index contributed by atoms with van der Waals surface area (Å²) in [7, 11) is 3.87. The van der Waals surface area contributed by atoms with Gasteiger partial charge in [0, 0.05) is 67.3 Å². The number of carbonyl (C=O) groups is 6. The highest BCUT2D eigenvalue weighted by Crippen LogP contribution is 2.20. The van der Waals surface area contributed by atoms with Gasteiger partial charge in [-0.1, -0.05) is 194 Å². The number of Topliss-reactive ketones (excluding diaryl/α,β-unsaturated/α-hetero) is 2. The number of nitrogens with one attached hydrogen (secondary N) is 4. The van der Waals surface area contributed by atoms with E-state index in [1.165, 1.54) is 18.1 Å². The Labute approximate surface area is 568 Å². The normalized spacial score (nSPS) is 12.1. The predicted molar refractivity (Wildman–Crippen MR) is 391 cm³/mol. The highest BCUT2D eigenvalue weighted by molar-refractivity contribution is 15.0. The number of benzene rings is 5. The molecule has 5 aromatic carbocycles. The summed E-state index contributed by atoms with van der Waals surface area (Å²) in [4.78, 5) is 82.1. The van der Waals surface area contributed by atoms with Gasteiger partial charge in [0.15, 0.2) is 18.2 Å². The van der Waals surface area contributed by atoms with Gasteiger partial charge in [0.25, 0.3) is 5.97 Å². The molecule has 0 radical (unpaired) electrons. The van der Waals surface area contributed by atoms with E-state index in [0.29, 0.717) is 18.0 Å². The second kappa shape index (κ2) is 54.0. The van der Waals surface area contributed by atoms with Gasteiger partial charge in [-0.25, -0.2) is 9.97 Å². The molecule has 1 aliphatic rings. The number of rotatable bonds is 18. The Hall–Kier alpha value is -7.63. The van der Waals surface area contributed by atoms with Crippen molar-refractivity contribution in [2.24, 2.45) is 28.3 Å². The fourth-order valence-electron chi connectivity index (χ4n) is 6.48. The summed E-state index contributed by atoms with van der Waals surface area (Å²) in [5.74, 6) is -0.220. The summed E-state index contributed by atoms with van der Waals surface area (Å²) in [6.07, 6.45) is 7.78. The Morgan fingerprint density at radius 3 is 1.26 bits per heavy atom. The van der Waals surface area contributed by atoms with E-state index in [9.17, 15) is 24.0 Å². The second-order valence-corrected chi connectivity index (χ2v) is 19.7. The number of hydrogen-bond donors (Lipinski definition) is 11. The van der Waals surface area contributed by atoms with Crippen LogP contribution in [0.2, 0.25) is 0 Å². The molecule has 92 heavy (non-hydrogen) atoms. The minimum atomic E-state index is -0.963. The fourth-order valence-corrected chi connectivity index (χ4v) is 6.48. The van der Waals surface area contributed by atoms with Gasteiger partial charge in [-0.2, -0.15) is 4.99 Å². The van der Waals surface area contributed by atoms with Gasteiger partial charge in [0.05, 0.1) is 53.7 Å². The number of carboxylic acids is 3. The zero-order chi connectivity index (χ0) is 67.3. The Bertz CT molecular complexity index is 3130. The molecule has 0 aliphatic carbocycles. The van der Waals surface area contributed by atoms with Crippen LogP contribution in [-0.2, 0) is 23.9 Å². The van der Waals surface area contributed by atoms with Crippen molar-refractivity contribution in [3.05, 3.63) is 206 Å². The maximum Gasteiger partial charge on any atom is 0.320 e. The second-order valence-electron chi connectivity index (χ2n) is 19.7. The van der Waals surface area contributed by atoms with E-state index < -0.39 is 23.9 Å². The first-order valence-corrected chi connectivity index (χ1v) is 35.1. The van der Waals surface area contributed by atoms with E-state index in [1.54, 1.807) is 38.1 Å². The number of likely N-dealkylation sites (N-methyl/N-ethyl adjacent to an activating group) is 1. The molecule has 7 aromatic rings. The minimum absolute atomic E-state index is 0. The summed E-state index contributed by atoms with van der Waals surface area (Å²) in [6.45, 7) is 17.5. The van der Waals surface area contributed by atoms with Crippen molar-refractivity contribution in [3.63, 3.8) is 0 Å². The minimum Gasteiger partial charge on any atom is -0.481 e. The zero-order valence-corrected chi connectivity index (χ0v) is 59.0. The summed E-state index contributed by atoms with van der Waals surface area (Å²) >= 11 is 4.24. The molecular formula is C69H101I2N11O10. The molecule has 0 saturated carbocycles. The van der Waals surface area contributed by atoms with Crippen LogP contribution in [0.3, 0.4) is 0 Å². The third-order valence-electron chi connectivity index (χ3n) is 12.5. The SMILES string of the molecule is C.CC(=O)O.CC(N)C(=O)O.CC(N)c1ncc(-c2ccccc2)[nH]1.CCC(=O)c1ccccc1.CCC(C)C(=O)O.CCC(C)C(=O)OCC(=O)c1ccccc1.CNC(C)C1=NC(c2ccccc2)=C[NH2+]1.CNC(C)c1ncc(-c2ccccc2)[nH]1.II.N.[CH3-]. The van der Waals surface area contributed by atoms with Crippen LogP contribution in [0.15, 0.2) is 175 Å². The molecule has 6 atom stereocenters. The highest BCUT2D eigenvalue weighted by Gasteiger charge is 2.19. The van der Waals surface area contributed by atoms with Gasteiger partial charge < -0.3 is 65.7 Å². The Kier molecular flexibility index (Phi) is 53.3. The molecule has 0 amide bonds. The first kappa shape index (κ1) is 90.8. The van der Waals surface area contributed by atoms with Gasteiger partial charge >= 0.3 is 17.9 Å². The van der Waals surface area contributed by atoms with Crippen LogP contribution < -0.4 is 33.6 Å². The van der Waals surface area contributed by atoms with Crippen molar-refractivity contribution in [3.8, 4) is 22.5 Å². The molecule has 16 N–H and O–H groups in total. The number of quaternary nitrogens is 1. The average molecular weight is 1500 g/mol. The van der Waals surface area contributed by atoms with Crippen LogP contribution in [0.25, 0.3) is 28.2 Å². The third kappa shape index (κ3) is 38.9. The number of ether oxygens (including phenoxy) is 1. The number of carbonyl (C=O) groups excluding carboxylic acids is 3. The lowest BCUT2D eigenvalue weighted by Gasteiger charge is -2.08. The summed E-state index contributed by atoms with van der Waals surface area (Å²) < 4.78 is 4.92. The molecule has 2 aromatic heterocycles. The maximum absolute atomic E-state index is 11.6. The summed E-state index contributed by atoms with van der Waals surface area (Å²) in [5.41, 5.74) is 18.5. The number of nitrogens with zero attached hydrogens (tertiary/aromatic N) is 3. The first-order valence-electron chi connectivity index (χ1n) is 28.8. The van der Waals surface area contributed by atoms with E-state index in [1.807, 2.05) is 157 Å². The van der Waals surface area contributed by atoms with E-state index in [2.05, 4.69) is 122 Å². The molecule has 0 saturated heterocycles. The van der Waals surface area contributed by atoms with Crippen LogP contribution >= 0.6 is 37.2 Å². The predicted octanol–water partition coefficient (Wildman–Crippen LogP) is 13.4. The number of halogens is 2. The van der Waals surface area contributed by atoms with Gasteiger partial charge in [-0.3, -0.25) is 34.1 Å². The van der Waals surface area contributed by atoms with Crippen molar-refractivity contribution >= 4 is 84.2 Å². The number of esters is 1. The van der Waals surface area contributed by atoms with Gasteiger partial charge in [-0.15, -0.1) is 0 Å². The number of aliphatic carboxylic acids is 3. The number of carboxylic acid groups (broad SMARTS) is 3. The van der Waals surface area contributed by atoms with Crippen LogP contribution in [0, 0.1) is 19.3 Å². The van der Waals surface area contributed by atoms with Crippen molar-refractivity contribution in [1.29, 1.82) is 0 Å². The van der Waals surface area contributed by atoms with Gasteiger partial charge in [0.1, 0.15) is 29.6 Å². The number of ketones is 2. The monoisotopic (exact) mass is 1500 g/mol. The number of imidazole rings is 2. The molecular weight excluding hydrogens is 1400 g/mol. The summed E-state index contributed by atoms with van der Waals surface area (Å²) in [5, 5.41) is 31.9. The largest absolute Gasteiger partial charge is 0.481 e. The van der Waals surface area contributed by atoms with E-state index >= 15 is 0 Å². The van der Waals surface area contributed by atoms with E-state index in [4.69, 9.17) is 36.3 Å². The number of nitrogens with two attached hydrogens (primary N) is 3. The quantitative estimate of drug-likeness (QED) is 0.0164. The maximum atomic E-state index is 11.6. The van der Waals surface area contributed by atoms with Gasteiger partial charge in [-0.05, 0) is 65.8 Å². The zero-order valence-electron chi connectivity index (χ0n) is 54.7. The lowest BCUT2D eigenvalue weighted by molar-refractivity contribution is -0.460. The van der Waals surface area contributed by atoms with Crippen LogP contribution in [-0.4, -0.2) is 109 Å². The number of hydrogen-bond acceptors (Lipinski definition) is 15. The van der Waals surface area contributed by atoms with Crippen LogP contribution in [0.1, 0.15) is 146 Å². The van der Waals surface area contributed by atoms with Gasteiger partial charge in [0.2, 0.25) is 5.84 Å². The van der Waals surface area contributed by atoms with E-state index in [-0.39, 0.29) is 69.1 Å². The van der Waals surface area contributed by atoms with E-state index in [0.717, 1.165) is 65.5 Å². The molecule has 3 heterocycles. The van der Waals surface area contributed by atoms with Crippen molar-refractivity contribution in [1.82, 2.24) is 36.7 Å². The lowest BCUT2D eigenvalue weighted by atomic mass is 10.1. The molecule has 23 heteroatoms. The molecule has 21 nitrogen and oxygen atoms in total. The van der Waals surface area contributed by atoms with Crippen LogP contribution in [0.4, 0.5) is 0 Å². The first-order chi connectivity index (χ1) is 42.4. The third-order valence-corrected chi connectivity index (χ3v) is 12.5. The average Bonchev–Trinajstić information content (AvgIpc) is 2.80. The molecule has 6 unspecified atom stereocenters. The Morgan fingerprint density at radius 2 is 0.935 bits per heavy atom. The molecule has 8 rings (SSSR count). The lowest BCUT2D eigenvalue weighted by Crippen LogP contribution is -2.84. The van der Waals surface area contributed by atoms with Crippen LogP contribution in [0.5, 0.6) is 0 Å². The Balaban J connectivity index is -0.000000490. The number of H-pyrrole nitrogens is 2. The Morgan fingerprint density at radius 1 is 0.576 bits per heavy atom. The molecule has 0 fully saturated rings. The molecule has 1 aliphatic heterocycles. The van der Waals surface area contributed by atoms with Crippen molar-refractivity contribution < 1.29 is 54.1 Å². The van der Waals surface area contributed by atoms with Crippen molar-refractivity contribution in [2.45, 2.75) is 120 Å². The summed E-state index contributed by atoms with van der Waals surface area (Å²) in [6, 6.07) is 48.5. The number of aliphatic imine (C=N–C) groups is 1. The smallest absolute Gasteiger partial charge is 0.320 e. The molecule has 0 spiro atoms.